The Labute approximate surface area is 142 Å². The van der Waals surface area contributed by atoms with Gasteiger partial charge in [-0.05, 0) is 31.0 Å². The number of carboxylic acid groups (broad SMARTS) is 1. The van der Waals surface area contributed by atoms with Crippen molar-refractivity contribution in [1.82, 2.24) is 15.1 Å². The molecule has 0 spiro atoms. The first-order chi connectivity index (χ1) is 11.5. The molecule has 6 nitrogen and oxygen atoms in total. The van der Waals surface area contributed by atoms with Gasteiger partial charge in [-0.3, -0.25) is 19.4 Å². The van der Waals surface area contributed by atoms with Gasteiger partial charge in [-0.2, -0.15) is 0 Å². The molecule has 2 aliphatic rings. The first-order valence-corrected chi connectivity index (χ1v) is 8.54. The molecule has 24 heavy (non-hydrogen) atoms. The van der Waals surface area contributed by atoms with E-state index in [9.17, 15) is 9.59 Å². The molecule has 1 aromatic rings. The molecule has 2 heterocycles. The number of fused-ring (bicyclic) bond motifs is 1. The molecule has 130 valence electrons. The molecule has 0 radical (unpaired) electrons. The maximum atomic E-state index is 12.3. The van der Waals surface area contributed by atoms with E-state index in [1.165, 1.54) is 11.1 Å². The Hall–Kier alpha value is -1.92. The fourth-order valence-corrected chi connectivity index (χ4v) is 3.71. The van der Waals surface area contributed by atoms with Crippen LogP contribution < -0.4 is 5.32 Å². The van der Waals surface area contributed by atoms with Gasteiger partial charge >= 0.3 is 5.97 Å². The van der Waals surface area contributed by atoms with E-state index in [0.717, 1.165) is 19.6 Å². The first kappa shape index (κ1) is 16.9. The third-order valence-electron chi connectivity index (χ3n) is 5.12. The molecule has 2 aliphatic heterocycles. The molecule has 1 aromatic carbocycles. The number of hydrogen-bond acceptors (Lipinski definition) is 4. The number of aliphatic carboxylic acids is 1. The van der Waals surface area contributed by atoms with E-state index >= 15 is 0 Å². The standard InChI is InChI=1S/C18H25N3O3/c1-20-10-15(6-7-16(20)18(23)24)17(22)19-8-9-21-11-13-4-2-3-5-14(13)12-21/h2-5,15-16H,6-12H2,1H3,(H,19,22)(H,23,24). The normalized spacial score (nSPS) is 24.5. The van der Waals surface area contributed by atoms with Crippen LogP contribution in [0.5, 0.6) is 0 Å². The zero-order valence-electron chi connectivity index (χ0n) is 14.1. The Bertz CT molecular complexity index is 594. The van der Waals surface area contributed by atoms with Crippen LogP contribution in [0.2, 0.25) is 0 Å². The van der Waals surface area contributed by atoms with E-state index in [-0.39, 0.29) is 11.8 Å². The number of carbonyl (C=O) groups is 2. The third kappa shape index (κ3) is 3.76. The van der Waals surface area contributed by atoms with Crippen molar-refractivity contribution >= 4 is 11.9 Å². The lowest BCUT2D eigenvalue weighted by Crippen LogP contribution is -2.49. The molecule has 1 fully saturated rings. The molecular weight excluding hydrogens is 306 g/mol. The average Bonchev–Trinajstić information content (AvgIpc) is 2.97. The van der Waals surface area contributed by atoms with Gasteiger partial charge in [-0.1, -0.05) is 24.3 Å². The van der Waals surface area contributed by atoms with Gasteiger partial charge in [0.25, 0.3) is 0 Å². The molecule has 0 bridgehead atoms. The maximum Gasteiger partial charge on any atom is 0.320 e. The van der Waals surface area contributed by atoms with Crippen LogP contribution in [-0.4, -0.2) is 59.5 Å². The topological polar surface area (TPSA) is 72.9 Å². The second-order valence-electron chi connectivity index (χ2n) is 6.84. The number of amides is 1. The zero-order chi connectivity index (χ0) is 17.1. The summed E-state index contributed by atoms with van der Waals surface area (Å²) >= 11 is 0. The molecular formula is C18H25N3O3. The second kappa shape index (κ2) is 7.32. The quantitative estimate of drug-likeness (QED) is 0.839. The van der Waals surface area contributed by atoms with E-state index in [0.29, 0.717) is 25.9 Å². The van der Waals surface area contributed by atoms with Gasteiger partial charge in [0.15, 0.2) is 0 Å². The predicted molar refractivity (Wildman–Crippen MR) is 90.3 cm³/mol. The number of piperidine rings is 1. The summed E-state index contributed by atoms with van der Waals surface area (Å²) < 4.78 is 0. The lowest BCUT2D eigenvalue weighted by molar-refractivity contribution is -0.146. The SMILES string of the molecule is CN1CC(C(=O)NCCN2Cc3ccccc3C2)CCC1C(=O)O. The predicted octanol–water partition coefficient (Wildman–Crippen LogP) is 0.913. The van der Waals surface area contributed by atoms with E-state index in [1.54, 1.807) is 11.9 Å². The zero-order valence-corrected chi connectivity index (χ0v) is 14.1. The van der Waals surface area contributed by atoms with Crippen LogP contribution >= 0.6 is 0 Å². The summed E-state index contributed by atoms with van der Waals surface area (Å²) in [5.74, 6) is -0.867. The maximum absolute atomic E-state index is 12.3. The number of nitrogens with zero attached hydrogens (tertiary/aromatic N) is 2. The minimum atomic E-state index is -0.801. The van der Waals surface area contributed by atoms with Gasteiger partial charge in [-0.15, -0.1) is 0 Å². The minimum Gasteiger partial charge on any atom is -0.480 e. The Balaban J connectivity index is 1.40. The van der Waals surface area contributed by atoms with Crippen LogP contribution in [0.4, 0.5) is 0 Å². The van der Waals surface area contributed by atoms with Crippen LogP contribution in [-0.2, 0) is 22.7 Å². The minimum absolute atomic E-state index is 0.0439. The number of hydrogen-bond donors (Lipinski definition) is 2. The lowest BCUT2D eigenvalue weighted by Gasteiger charge is -2.34. The molecule has 2 N–H and O–H groups in total. The molecule has 0 aliphatic carbocycles. The van der Waals surface area contributed by atoms with E-state index < -0.39 is 12.0 Å². The highest BCUT2D eigenvalue weighted by Gasteiger charge is 2.33. The Morgan fingerprint density at radius 3 is 2.46 bits per heavy atom. The van der Waals surface area contributed by atoms with Gasteiger partial charge in [0.1, 0.15) is 6.04 Å². The molecule has 0 saturated carbocycles. The number of likely N-dealkylation sites (tertiary alicyclic amines) is 1. The monoisotopic (exact) mass is 331 g/mol. The summed E-state index contributed by atoms with van der Waals surface area (Å²) in [5, 5.41) is 12.1. The smallest absolute Gasteiger partial charge is 0.320 e. The molecule has 2 atom stereocenters. The number of carbonyl (C=O) groups excluding carboxylic acids is 1. The summed E-state index contributed by atoms with van der Waals surface area (Å²) in [4.78, 5) is 27.5. The van der Waals surface area contributed by atoms with Crippen molar-refractivity contribution in [2.45, 2.75) is 32.0 Å². The van der Waals surface area contributed by atoms with E-state index in [4.69, 9.17) is 5.11 Å². The van der Waals surface area contributed by atoms with Crippen molar-refractivity contribution in [2.75, 3.05) is 26.7 Å². The van der Waals surface area contributed by atoms with Gasteiger partial charge in [0.05, 0.1) is 5.92 Å². The van der Waals surface area contributed by atoms with Crippen molar-refractivity contribution in [1.29, 1.82) is 0 Å². The fourth-order valence-electron chi connectivity index (χ4n) is 3.71. The number of rotatable bonds is 5. The van der Waals surface area contributed by atoms with Crippen molar-refractivity contribution in [3.05, 3.63) is 35.4 Å². The summed E-state index contributed by atoms with van der Waals surface area (Å²) in [6.07, 6.45) is 1.17. The van der Waals surface area contributed by atoms with E-state index in [1.807, 2.05) is 0 Å². The van der Waals surface area contributed by atoms with Crippen molar-refractivity contribution in [2.24, 2.45) is 5.92 Å². The summed E-state index contributed by atoms with van der Waals surface area (Å²) in [7, 11) is 1.78. The Kier molecular flexibility index (Phi) is 5.16. The van der Waals surface area contributed by atoms with Gasteiger partial charge in [0, 0.05) is 32.7 Å². The summed E-state index contributed by atoms with van der Waals surface area (Å²) in [6, 6.07) is 7.98. The number of likely N-dealkylation sites (N-methyl/N-ethyl adjacent to an activating group) is 1. The number of benzene rings is 1. The van der Waals surface area contributed by atoms with Crippen LogP contribution in [0.25, 0.3) is 0 Å². The van der Waals surface area contributed by atoms with Crippen LogP contribution in [0.15, 0.2) is 24.3 Å². The van der Waals surface area contributed by atoms with Gasteiger partial charge < -0.3 is 10.4 Å². The molecule has 6 heteroatoms. The van der Waals surface area contributed by atoms with Crippen LogP contribution in [0.3, 0.4) is 0 Å². The van der Waals surface area contributed by atoms with Crippen LogP contribution in [0.1, 0.15) is 24.0 Å². The van der Waals surface area contributed by atoms with Crippen molar-refractivity contribution in [3.8, 4) is 0 Å². The van der Waals surface area contributed by atoms with Gasteiger partial charge in [0.2, 0.25) is 5.91 Å². The first-order valence-electron chi connectivity index (χ1n) is 8.54. The number of carboxylic acids is 1. The van der Waals surface area contributed by atoms with Gasteiger partial charge in [-0.25, -0.2) is 0 Å². The highest BCUT2D eigenvalue weighted by molar-refractivity contribution is 5.80. The fraction of sp³-hybridized carbons (Fsp3) is 0.556. The second-order valence-corrected chi connectivity index (χ2v) is 6.84. The molecule has 0 aromatic heterocycles. The highest BCUT2D eigenvalue weighted by atomic mass is 16.4. The lowest BCUT2D eigenvalue weighted by atomic mass is 9.92. The van der Waals surface area contributed by atoms with Crippen molar-refractivity contribution < 1.29 is 14.7 Å². The van der Waals surface area contributed by atoms with Crippen LogP contribution in [0, 0.1) is 5.92 Å². The van der Waals surface area contributed by atoms with E-state index in [2.05, 4.69) is 34.5 Å². The average molecular weight is 331 g/mol. The molecule has 1 saturated heterocycles. The number of nitrogens with one attached hydrogen (secondary N) is 1. The summed E-state index contributed by atoms with van der Waals surface area (Å²) in [5.41, 5.74) is 2.75. The Morgan fingerprint density at radius 2 is 1.88 bits per heavy atom. The molecule has 1 amide bonds. The third-order valence-corrected chi connectivity index (χ3v) is 5.12. The van der Waals surface area contributed by atoms with Crippen molar-refractivity contribution in [3.63, 3.8) is 0 Å². The largest absolute Gasteiger partial charge is 0.480 e. The summed E-state index contributed by atoms with van der Waals surface area (Å²) in [6.45, 7) is 3.87. The Morgan fingerprint density at radius 1 is 1.21 bits per heavy atom. The highest BCUT2D eigenvalue weighted by Crippen LogP contribution is 2.22. The molecule has 2 unspecified atom stereocenters. The molecule has 3 rings (SSSR count).